The fourth-order valence-corrected chi connectivity index (χ4v) is 3.84. The average Bonchev–Trinajstić information content (AvgIpc) is 3.07. The van der Waals surface area contributed by atoms with Crippen LogP contribution in [-0.2, 0) is 4.79 Å². The van der Waals surface area contributed by atoms with E-state index in [0.717, 1.165) is 44.5 Å². The van der Waals surface area contributed by atoms with E-state index in [1.54, 1.807) is 0 Å². The number of hydrogen-bond donors (Lipinski definition) is 2. The molecule has 1 amide bonds. The highest BCUT2D eigenvalue weighted by atomic mass is 79.9. The van der Waals surface area contributed by atoms with Crippen molar-refractivity contribution in [2.24, 2.45) is 0 Å². The molecule has 0 aliphatic carbocycles. The van der Waals surface area contributed by atoms with E-state index in [2.05, 4.69) is 58.6 Å². The predicted molar refractivity (Wildman–Crippen MR) is 106 cm³/mol. The van der Waals surface area contributed by atoms with Gasteiger partial charge in [0.1, 0.15) is 0 Å². The molecule has 0 bridgehead atoms. The summed E-state index contributed by atoms with van der Waals surface area (Å²) in [6, 6.07) is 14.6. The maximum Gasteiger partial charge on any atom is 0.256 e. The Bertz CT molecular complexity index is 925. The highest BCUT2D eigenvalue weighted by Crippen LogP contribution is 2.40. The number of hydrogen-bond acceptors (Lipinski definition) is 2. The van der Waals surface area contributed by atoms with Crippen LogP contribution in [-0.4, -0.2) is 11.9 Å². The number of anilines is 1. The summed E-state index contributed by atoms with van der Waals surface area (Å²) in [5.74, 6) is -0.0405. The number of nitrogens with one attached hydrogen (secondary N) is 2. The summed E-state index contributed by atoms with van der Waals surface area (Å²) >= 11 is 3.48. The molecule has 4 heteroatoms. The van der Waals surface area contributed by atoms with Crippen molar-refractivity contribution in [1.29, 1.82) is 0 Å². The Labute approximate surface area is 156 Å². The second kappa shape index (κ2) is 6.19. The largest absolute Gasteiger partial charge is 0.382 e. The predicted octanol–water partition coefficient (Wildman–Crippen LogP) is 5.11. The molecule has 0 aromatic heterocycles. The van der Waals surface area contributed by atoms with E-state index in [4.69, 9.17) is 0 Å². The van der Waals surface area contributed by atoms with Gasteiger partial charge in [0.2, 0.25) is 0 Å². The zero-order chi connectivity index (χ0) is 17.6. The Morgan fingerprint density at radius 1 is 1.16 bits per heavy atom. The summed E-state index contributed by atoms with van der Waals surface area (Å²) in [7, 11) is 0. The fraction of sp³-hybridized carbons (Fsp3) is 0.190. The first-order chi connectivity index (χ1) is 12.0. The van der Waals surface area contributed by atoms with Gasteiger partial charge in [0.15, 0.2) is 0 Å². The van der Waals surface area contributed by atoms with Gasteiger partial charge in [-0.25, -0.2) is 0 Å². The van der Waals surface area contributed by atoms with Crippen LogP contribution >= 0.6 is 15.9 Å². The van der Waals surface area contributed by atoms with Crippen LogP contribution in [0.15, 0.2) is 64.3 Å². The lowest BCUT2D eigenvalue weighted by molar-refractivity contribution is -0.110. The van der Waals surface area contributed by atoms with Gasteiger partial charge in [-0.05, 0) is 61.2 Å². The van der Waals surface area contributed by atoms with Crippen LogP contribution < -0.4 is 10.6 Å². The number of fused-ring (bicyclic) bond motifs is 1. The standard InChI is InChI=1S/C21H19BrN2O/c1-12-10-13(2)23-19(12)11-17-20-16(14-6-8-15(22)9-7-14)4-3-5-18(20)24-21(17)25/h3-9,11,13,23H,10H2,1-2H3,(H,24,25)/b17-11-. The van der Waals surface area contributed by atoms with Crippen molar-refractivity contribution in [1.82, 2.24) is 5.32 Å². The lowest BCUT2D eigenvalue weighted by Crippen LogP contribution is -2.17. The SMILES string of the molecule is CC1=C(/C=C2\C(=O)Nc3cccc(-c4ccc(Br)cc4)c32)NC(C)C1. The van der Waals surface area contributed by atoms with Crippen LogP contribution in [0.1, 0.15) is 25.8 Å². The van der Waals surface area contributed by atoms with Crippen LogP contribution in [0, 0.1) is 0 Å². The van der Waals surface area contributed by atoms with Crippen LogP contribution in [0.2, 0.25) is 0 Å². The normalized spacial score (nSPS) is 20.7. The Morgan fingerprint density at radius 3 is 2.60 bits per heavy atom. The van der Waals surface area contributed by atoms with Crippen molar-refractivity contribution in [3.63, 3.8) is 0 Å². The average molecular weight is 395 g/mol. The summed E-state index contributed by atoms with van der Waals surface area (Å²) in [5.41, 5.74) is 7.11. The molecule has 2 N–H and O–H groups in total. The minimum Gasteiger partial charge on any atom is -0.382 e. The quantitative estimate of drug-likeness (QED) is 0.694. The molecule has 0 fully saturated rings. The van der Waals surface area contributed by atoms with Gasteiger partial charge in [0.05, 0.1) is 5.57 Å². The van der Waals surface area contributed by atoms with E-state index in [1.807, 2.05) is 30.3 Å². The van der Waals surface area contributed by atoms with Gasteiger partial charge in [-0.3, -0.25) is 4.79 Å². The molecular formula is C21H19BrN2O. The van der Waals surface area contributed by atoms with Crippen molar-refractivity contribution in [3.8, 4) is 11.1 Å². The number of benzene rings is 2. The van der Waals surface area contributed by atoms with E-state index < -0.39 is 0 Å². The number of carbonyl (C=O) groups is 1. The number of carbonyl (C=O) groups excluding carboxylic acids is 1. The summed E-state index contributed by atoms with van der Waals surface area (Å²) < 4.78 is 1.04. The molecule has 4 rings (SSSR count). The molecule has 0 spiro atoms. The Kier molecular flexibility index (Phi) is 4.00. The summed E-state index contributed by atoms with van der Waals surface area (Å²) in [6.45, 7) is 4.28. The van der Waals surface area contributed by atoms with E-state index in [9.17, 15) is 4.79 Å². The molecule has 0 saturated heterocycles. The molecule has 2 aliphatic heterocycles. The van der Waals surface area contributed by atoms with Crippen molar-refractivity contribution in [2.45, 2.75) is 26.3 Å². The van der Waals surface area contributed by atoms with E-state index in [-0.39, 0.29) is 5.91 Å². The number of allylic oxidation sites excluding steroid dienone is 1. The number of halogens is 1. The van der Waals surface area contributed by atoms with E-state index in [0.29, 0.717) is 6.04 Å². The first kappa shape index (κ1) is 16.2. The van der Waals surface area contributed by atoms with Crippen molar-refractivity contribution in [2.75, 3.05) is 5.32 Å². The van der Waals surface area contributed by atoms with Gasteiger partial charge in [-0.2, -0.15) is 0 Å². The van der Waals surface area contributed by atoms with Gasteiger partial charge < -0.3 is 10.6 Å². The molecule has 2 heterocycles. The molecule has 1 unspecified atom stereocenters. The van der Waals surface area contributed by atoms with Crippen molar-refractivity contribution < 1.29 is 4.79 Å². The maximum absolute atomic E-state index is 12.6. The Morgan fingerprint density at radius 2 is 1.92 bits per heavy atom. The summed E-state index contributed by atoms with van der Waals surface area (Å²) in [5, 5.41) is 6.47. The third kappa shape index (κ3) is 2.91. The van der Waals surface area contributed by atoms with Crippen LogP contribution in [0.5, 0.6) is 0 Å². The fourth-order valence-electron chi connectivity index (χ4n) is 3.58. The highest BCUT2D eigenvalue weighted by molar-refractivity contribution is 9.10. The molecule has 3 nitrogen and oxygen atoms in total. The zero-order valence-electron chi connectivity index (χ0n) is 14.2. The summed E-state index contributed by atoms with van der Waals surface area (Å²) in [4.78, 5) is 12.6. The molecule has 0 saturated carbocycles. The molecular weight excluding hydrogens is 376 g/mol. The van der Waals surface area contributed by atoms with Crippen LogP contribution in [0.25, 0.3) is 16.7 Å². The van der Waals surface area contributed by atoms with E-state index >= 15 is 0 Å². The molecule has 2 aromatic rings. The topological polar surface area (TPSA) is 41.1 Å². The highest BCUT2D eigenvalue weighted by Gasteiger charge is 2.28. The van der Waals surface area contributed by atoms with Gasteiger partial charge in [-0.1, -0.05) is 40.2 Å². The first-order valence-electron chi connectivity index (χ1n) is 8.41. The minimum atomic E-state index is -0.0405. The molecule has 1 atom stereocenters. The molecule has 126 valence electrons. The molecule has 0 radical (unpaired) electrons. The lowest BCUT2D eigenvalue weighted by Gasteiger charge is -2.10. The van der Waals surface area contributed by atoms with Gasteiger partial charge in [0.25, 0.3) is 5.91 Å². The van der Waals surface area contributed by atoms with Crippen molar-refractivity contribution in [3.05, 3.63) is 69.8 Å². The Hall–Kier alpha value is -2.33. The molecule has 25 heavy (non-hydrogen) atoms. The third-order valence-corrected chi connectivity index (χ3v) is 5.27. The second-order valence-electron chi connectivity index (χ2n) is 6.69. The third-order valence-electron chi connectivity index (χ3n) is 4.74. The number of rotatable bonds is 2. The summed E-state index contributed by atoms with van der Waals surface area (Å²) in [6.07, 6.45) is 3.02. The maximum atomic E-state index is 12.6. The number of amides is 1. The van der Waals surface area contributed by atoms with Gasteiger partial charge >= 0.3 is 0 Å². The monoisotopic (exact) mass is 394 g/mol. The smallest absolute Gasteiger partial charge is 0.256 e. The van der Waals surface area contributed by atoms with E-state index in [1.165, 1.54) is 5.57 Å². The molecule has 2 aromatic carbocycles. The minimum absolute atomic E-state index is 0.0405. The van der Waals surface area contributed by atoms with Gasteiger partial charge in [0, 0.05) is 27.5 Å². The van der Waals surface area contributed by atoms with Gasteiger partial charge in [-0.15, -0.1) is 0 Å². The lowest BCUT2D eigenvalue weighted by atomic mass is 9.94. The molecule has 2 aliphatic rings. The second-order valence-corrected chi connectivity index (χ2v) is 7.61. The van der Waals surface area contributed by atoms with Crippen LogP contribution in [0.4, 0.5) is 5.69 Å². The Balaban J connectivity index is 1.86. The zero-order valence-corrected chi connectivity index (χ0v) is 15.8. The first-order valence-corrected chi connectivity index (χ1v) is 9.21. The van der Waals surface area contributed by atoms with Crippen molar-refractivity contribution >= 4 is 33.1 Å². The van der Waals surface area contributed by atoms with Crippen LogP contribution in [0.3, 0.4) is 0 Å².